The SMILES string of the molecule is Cn1cnnc1SCC(=O)Nc1ccccc1N1CCN(C2CCCCC2)CC1. The molecule has 0 spiro atoms. The lowest BCUT2D eigenvalue weighted by atomic mass is 9.94. The molecular formula is C21H30N6OS. The molecule has 0 unspecified atom stereocenters. The topological polar surface area (TPSA) is 66.3 Å². The van der Waals surface area contributed by atoms with Crippen LogP contribution in [0.3, 0.4) is 0 Å². The first-order chi connectivity index (χ1) is 14.2. The lowest BCUT2D eigenvalue weighted by Crippen LogP contribution is -2.51. The molecule has 1 saturated carbocycles. The fourth-order valence-electron chi connectivity index (χ4n) is 4.35. The van der Waals surface area contributed by atoms with Gasteiger partial charge in [0.25, 0.3) is 0 Å². The van der Waals surface area contributed by atoms with Crippen molar-refractivity contribution < 1.29 is 4.79 Å². The van der Waals surface area contributed by atoms with E-state index < -0.39 is 0 Å². The number of para-hydroxylation sites is 2. The molecule has 2 fully saturated rings. The number of nitrogens with one attached hydrogen (secondary N) is 1. The number of hydrogen-bond donors (Lipinski definition) is 1. The Labute approximate surface area is 176 Å². The van der Waals surface area contributed by atoms with Crippen LogP contribution in [-0.2, 0) is 11.8 Å². The number of aryl methyl sites for hydroxylation is 1. The number of carbonyl (C=O) groups excluding carboxylic acids is 1. The van der Waals surface area contributed by atoms with Gasteiger partial charge in [0.1, 0.15) is 6.33 Å². The van der Waals surface area contributed by atoms with Crippen LogP contribution in [0.25, 0.3) is 0 Å². The second-order valence-electron chi connectivity index (χ2n) is 7.89. The summed E-state index contributed by atoms with van der Waals surface area (Å²) in [6.45, 7) is 4.23. The molecule has 0 bridgehead atoms. The summed E-state index contributed by atoms with van der Waals surface area (Å²) in [7, 11) is 1.88. The van der Waals surface area contributed by atoms with Crippen molar-refractivity contribution in [3.8, 4) is 0 Å². The maximum Gasteiger partial charge on any atom is 0.234 e. The van der Waals surface area contributed by atoms with E-state index in [2.05, 4.69) is 31.4 Å². The summed E-state index contributed by atoms with van der Waals surface area (Å²) in [6.07, 6.45) is 8.52. The predicted octanol–water partition coefficient (Wildman–Crippen LogP) is 3.00. The van der Waals surface area contributed by atoms with Crippen LogP contribution in [-0.4, -0.2) is 63.5 Å². The molecule has 7 nitrogen and oxygen atoms in total. The van der Waals surface area contributed by atoms with Gasteiger partial charge >= 0.3 is 0 Å². The Balaban J connectivity index is 1.33. The number of benzene rings is 1. The highest BCUT2D eigenvalue weighted by molar-refractivity contribution is 7.99. The molecule has 4 rings (SSSR count). The van der Waals surface area contributed by atoms with E-state index in [-0.39, 0.29) is 5.91 Å². The van der Waals surface area contributed by atoms with Gasteiger partial charge in [0.15, 0.2) is 5.16 Å². The van der Waals surface area contributed by atoms with Crippen LogP contribution in [0.4, 0.5) is 11.4 Å². The Kier molecular flexibility index (Phi) is 6.71. The van der Waals surface area contributed by atoms with Gasteiger partial charge in [-0.25, -0.2) is 0 Å². The Morgan fingerprint density at radius 2 is 1.90 bits per heavy atom. The number of carbonyl (C=O) groups is 1. The summed E-state index contributed by atoms with van der Waals surface area (Å²) in [5.74, 6) is 0.294. The highest BCUT2D eigenvalue weighted by atomic mass is 32.2. The molecule has 1 aliphatic heterocycles. The van der Waals surface area contributed by atoms with Gasteiger partial charge in [0.05, 0.1) is 17.1 Å². The number of piperazine rings is 1. The zero-order chi connectivity index (χ0) is 20.1. The molecular weight excluding hydrogens is 384 g/mol. The first kappa shape index (κ1) is 20.2. The van der Waals surface area contributed by atoms with Gasteiger partial charge in [-0.2, -0.15) is 0 Å². The molecule has 156 valence electrons. The van der Waals surface area contributed by atoms with Gasteiger partial charge in [-0.15, -0.1) is 10.2 Å². The Bertz CT molecular complexity index is 811. The first-order valence-corrected chi connectivity index (χ1v) is 11.5. The minimum absolute atomic E-state index is 0.0220. The molecule has 2 aliphatic rings. The molecule has 1 aliphatic carbocycles. The maximum absolute atomic E-state index is 12.5. The van der Waals surface area contributed by atoms with E-state index in [0.29, 0.717) is 5.75 Å². The van der Waals surface area contributed by atoms with Crippen molar-refractivity contribution in [3.63, 3.8) is 0 Å². The number of rotatable bonds is 6. The predicted molar refractivity (Wildman–Crippen MR) is 117 cm³/mol. The summed E-state index contributed by atoms with van der Waals surface area (Å²) in [5, 5.41) is 11.7. The smallest absolute Gasteiger partial charge is 0.234 e. The molecule has 0 radical (unpaired) electrons. The third-order valence-electron chi connectivity index (χ3n) is 5.93. The minimum Gasteiger partial charge on any atom is -0.367 e. The largest absolute Gasteiger partial charge is 0.367 e. The van der Waals surface area contributed by atoms with Gasteiger partial charge in [0.2, 0.25) is 5.91 Å². The maximum atomic E-state index is 12.5. The van der Waals surface area contributed by atoms with Crippen molar-refractivity contribution in [2.75, 3.05) is 42.1 Å². The average Bonchev–Trinajstić information content (AvgIpc) is 3.18. The summed E-state index contributed by atoms with van der Waals surface area (Å²) in [6, 6.07) is 8.91. The van der Waals surface area contributed by atoms with Crippen molar-refractivity contribution in [3.05, 3.63) is 30.6 Å². The van der Waals surface area contributed by atoms with Crippen molar-refractivity contribution in [2.24, 2.45) is 7.05 Å². The van der Waals surface area contributed by atoms with Crippen LogP contribution in [0.2, 0.25) is 0 Å². The lowest BCUT2D eigenvalue weighted by molar-refractivity contribution is -0.113. The number of amides is 1. The fraction of sp³-hybridized carbons (Fsp3) is 0.571. The third-order valence-corrected chi connectivity index (χ3v) is 6.96. The quantitative estimate of drug-likeness (QED) is 0.733. The molecule has 8 heteroatoms. The molecule has 1 amide bonds. The van der Waals surface area contributed by atoms with Crippen LogP contribution in [0.1, 0.15) is 32.1 Å². The first-order valence-electron chi connectivity index (χ1n) is 10.6. The van der Waals surface area contributed by atoms with Crippen molar-refractivity contribution in [2.45, 2.75) is 43.3 Å². The highest BCUT2D eigenvalue weighted by Crippen LogP contribution is 2.29. The lowest BCUT2D eigenvalue weighted by Gasteiger charge is -2.42. The van der Waals surface area contributed by atoms with E-state index in [9.17, 15) is 4.79 Å². The fourth-order valence-corrected chi connectivity index (χ4v) is 5.04. The molecule has 29 heavy (non-hydrogen) atoms. The van der Waals surface area contributed by atoms with E-state index in [0.717, 1.165) is 48.8 Å². The van der Waals surface area contributed by atoms with Gasteiger partial charge in [-0.3, -0.25) is 9.69 Å². The normalized spacial score (nSPS) is 18.7. The number of thioether (sulfide) groups is 1. The molecule has 2 heterocycles. The molecule has 1 aromatic carbocycles. The van der Waals surface area contributed by atoms with Crippen LogP contribution in [0.15, 0.2) is 35.7 Å². The molecule has 1 saturated heterocycles. The van der Waals surface area contributed by atoms with Gasteiger partial charge < -0.3 is 14.8 Å². The Morgan fingerprint density at radius 1 is 1.14 bits per heavy atom. The number of hydrogen-bond acceptors (Lipinski definition) is 6. The molecule has 1 aromatic heterocycles. The van der Waals surface area contributed by atoms with E-state index in [1.165, 1.54) is 43.9 Å². The van der Waals surface area contributed by atoms with Crippen molar-refractivity contribution >= 4 is 29.0 Å². The van der Waals surface area contributed by atoms with Gasteiger partial charge in [-0.05, 0) is 25.0 Å². The molecule has 0 atom stereocenters. The van der Waals surface area contributed by atoms with E-state index >= 15 is 0 Å². The second-order valence-corrected chi connectivity index (χ2v) is 8.84. The van der Waals surface area contributed by atoms with Crippen LogP contribution in [0.5, 0.6) is 0 Å². The average molecular weight is 415 g/mol. The highest BCUT2D eigenvalue weighted by Gasteiger charge is 2.26. The van der Waals surface area contributed by atoms with Gasteiger partial charge in [-0.1, -0.05) is 43.2 Å². The van der Waals surface area contributed by atoms with Crippen LogP contribution < -0.4 is 10.2 Å². The summed E-state index contributed by atoms with van der Waals surface area (Å²) in [5.41, 5.74) is 2.01. The van der Waals surface area contributed by atoms with E-state index in [4.69, 9.17) is 0 Å². The van der Waals surface area contributed by atoms with Crippen LogP contribution in [0, 0.1) is 0 Å². The Morgan fingerprint density at radius 3 is 2.62 bits per heavy atom. The standard InChI is InChI=1S/C21H30N6OS/c1-25-16-22-24-21(25)29-15-20(28)23-18-9-5-6-10-19(18)27-13-11-26(12-14-27)17-7-3-2-4-8-17/h5-6,9-10,16-17H,2-4,7-8,11-15H2,1H3,(H,23,28). The summed E-state index contributed by atoms with van der Waals surface area (Å²) in [4.78, 5) is 17.6. The second kappa shape index (κ2) is 9.63. The third kappa shape index (κ3) is 5.11. The van der Waals surface area contributed by atoms with Crippen molar-refractivity contribution in [1.29, 1.82) is 0 Å². The number of anilines is 2. The molecule has 2 aromatic rings. The number of nitrogens with zero attached hydrogens (tertiary/aromatic N) is 5. The monoisotopic (exact) mass is 414 g/mol. The van der Waals surface area contributed by atoms with Crippen molar-refractivity contribution in [1.82, 2.24) is 19.7 Å². The minimum atomic E-state index is -0.0220. The van der Waals surface area contributed by atoms with Gasteiger partial charge in [0, 0.05) is 39.3 Å². The molecule has 1 N–H and O–H groups in total. The zero-order valence-electron chi connectivity index (χ0n) is 17.1. The Hall–Kier alpha value is -2.06. The van der Waals surface area contributed by atoms with Crippen LogP contribution >= 0.6 is 11.8 Å². The zero-order valence-corrected chi connectivity index (χ0v) is 17.9. The van der Waals surface area contributed by atoms with E-state index in [1.807, 2.05) is 29.8 Å². The number of aromatic nitrogens is 3. The van der Waals surface area contributed by atoms with E-state index in [1.54, 1.807) is 6.33 Å². The summed E-state index contributed by atoms with van der Waals surface area (Å²) < 4.78 is 1.82. The summed E-state index contributed by atoms with van der Waals surface area (Å²) >= 11 is 1.40.